The summed E-state index contributed by atoms with van der Waals surface area (Å²) in [5, 5.41) is 8.85. The highest BCUT2D eigenvalue weighted by Gasteiger charge is 2.17. The highest BCUT2D eigenvalue weighted by atomic mass is 79.9. The lowest BCUT2D eigenvalue weighted by molar-refractivity contribution is 0.601. The summed E-state index contributed by atoms with van der Waals surface area (Å²) >= 11 is 9.03. The maximum atomic E-state index is 12.2. The quantitative estimate of drug-likeness (QED) is 0.897. The van der Waals surface area contributed by atoms with Crippen LogP contribution in [0.25, 0.3) is 0 Å². The van der Waals surface area contributed by atoms with Crippen molar-refractivity contribution in [3.8, 4) is 6.07 Å². The first-order valence-corrected chi connectivity index (χ1v) is 7.92. The number of hydrogen-bond acceptors (Lipinski definition) is 4. The van der Waals surface area contributed by atoms with E-state index < -0.39 is 10.0 Å². The normalized spacial score (nSPS) is 10.8. The molecular formula is C12H7BrClN3O2S. The molecule has 0 aliphatic rings. The number of nitrogens with one attached hydrogen (secondary N) is 1. The molecule has 0 spiro atoms. The van der Waals surface area contributed by atoms with E-state index in [4.69, 9.17) is 16.9 Å². The lowest BCUT2D eigenvalue weighted by atomic mass is 10.2. The summed E-state index contributed by atoms with van der Waals surface area (Å²) < 4.78 is 27.2. The number of pyridine rings is 1. The topological polar surface area (TPSA) is 82.8 Å². The summed E-state index contributed by atoms with van der Waals surface area (Å²) in [5.41, 5.74) is 0.213. The summed E-state index contributed by atoms with van der Waals surface area (Å²) in [6, 6.07) is 9.08. The zero-order valence-electron chi connectivity index (χ0n) is 9.84. The molecule has 0 atom stereocenters. The Hall–Kier alpha value is -1.62. The van der Waals surface area contributed by atoms with E-state index in [1.165, 1.54) is 24.4 Å². The van der Waals surface area contributed by atoms with E-state index in [1.54, 1.807) is 12.1 Å². The van der Waals surface area contributed by atoms with Crippen LogP contribution in [0.3, 0.4) is 0 Å². The molecule has 0 saturated heterocycles. The van der Waals surface area contributed by atoms with E-state index in [-0.39, 0.29) is 21.3 Å². The van der Waals surface area contributed by atoms with Gasteiger partial charge in [0.05, 0.1) is 20.0 Å². The monoisotopic (exact) mass is 371 g/mol. The molecule has 2 rings (SSSR count). The zero-order valence-corrected chi connectivity index (χ0v) is 13.0. The van der Waals surface area contributed by atoms with Crippen LogP contribution in [0.1, 0.15) is 5.56 Å². The lowest BCUT2D eigenvalue weighted by Gasteiger charge is -2.09. The molecule has 0 saturated carbocycles. The average molecular weight is 373 g/mol. The fraction of sp³-hybridized carbons (Fsp3) is 0. The van der Waals surface area contributed by atoms with Crippen LogP contribution in [-0.4, -0.2) is 13.4 Å². The Balaban J connectivity index is 2.39. The van der Waals surface area contributed by atoms with Crippen molar-refractivity contribution in [2.45, 2.75) is 4.90 Å². The van der Waals surface area contributed by atoms with Gasteiger partial charge in [-0.1, -0.05) is 11.6 Å². The Labute approximate surface area is 129 Å². The standard InChI is InChI=1S/C12H7BrClN3O2S/c13-10-2-1-5-16-12(10)17-20(18,19)9-4-3-8(7-15)11(14)6-9/h1-6H,(H,16,17). The van der Waals surface area contributed by atoms with E-state index in [0.29, 0.717) is 4.47 Å². The Morgan fingerprint density at radius 1 is 1.35 bits per heavy atom. The molecule has 0 radical (unpaired) electrons. The second-order valence-corrected chi connectivity index (χ2v) is 6.64. The third kappa shape index (κ3) is 3.10. The van der Waals surface area contributed by atoms with Crippen molar-refractivity contribution in [3.63, 3.8) is 0 Å². The molecule has 1 aromatic carbocycles. The van der Waals surface area contributed by atoms with Gasteiger partial charge in [-0.3, -0.25) is 4.72 Å². The van der Waals surface area contributed by atoms with E-state index in [9.17, 15) is 8.42 Å². The SMILES string of the molecule is N#Cc1ccc(S(=O)(=O)Nc2ncccc2Br)cc1Cl. The largest absolute Gasteiger partial charge is 0.263 e. The number of rotatable bonds is 3. The summed E-state index contributed by atoms with van der Waals surface area (Å²) in [6.45, 7) is 0. The van der Waals surface area contributed by atoms with E-state index in [0.717, 1.165) is 0 Å². The molecule has 0 amide bonds. The molecule has 5 nitrogen and oxygen atoms in total. The highest BCUT2D eigenvalue weighted by molar-refractivity contribution is 9.10. The highest BCUT2D eigenvalue weighted by Crippen LogP contribution is 2.24. The van der Waals surface area contributed by atoms with Gasteiger partial charge >= 0.3 is 0 Å². The summed E-state index contributed by atoms with van der Waals surface area (Å²) in [7, 11) is -3.82. The Bertz CT molecular complexity index is 803. The van der Waals surface area contributed by atoms with Crippen molar-refractivity contribution in [2.75, 3.05) is 4.72 Å². The Kier molecular flexibility index (Phi) is 4.28. The molecule has 0 aliphatic carbocycles. The first kappa shape index (κ1) is 14.8. The van der Waals surface area contributed by atoms with Gasteiger partial charge in [-0.2, -0.15) is 5.26 Å². The van der Waals surface area contributed by atoms with Gasteiger partial charge in [0.1, 0.15) is 6.07 Å². The number of nitriles is 1. The van der Waals surface area contributed by atoms with Gasteiger partial charge in [-0.25, -0.2) is 13.4 Å². The second-order valence-electron chi connectivity index (χ2n) is 3.69. The molecular weight excluding hydrogens is 366 g/mol. The number of hydrogen-bond donors (Lipinski definition) is 1. The number of halogens is 2. The third-order valence-corrected chi connectivity index (χ3v) is 4.65. The minimum Gasteiger partial charge on any atom is -0.262 e. The molecule has 0 aliphatic heterocycles. The zero-order chi connectivity index (χ0) is 14.8. The van der Waals surface area contributed by atoms with Crippen LogP contribution in [0.4, 0.5) is 5.82 Å². The predicted molar refractivity (Wildman–Crippen MR) is 78.9 cm³/mol. The second kappa shape index (κ2) is 5.79. The van der Waals surface area contributed by atoms with Gasteiger partial charge in [-0.15, -0.1) is 0 Å². The summed E-state index contributed by atoms with van der Waals surface area (Å²) in [5.74, 6) is 0.174. The molecule has 102 valence electrons. The molecule has 1 heterocycles. The maximum absolute atomic E-state index is 12.2. The molecule has 20 heavy (non-hydrogen) atoms. The minimum absolute atomic E-state index is 0.0425. The van der Waals surface area contributed by atoms with Gasteiger partial charge < -0.3 is 0 Å². The maximum Gasteiger partial charge on any atom is 0.263 e. The molecule has 2 aromatic rings. The molecule has 0 unspecified atom stereocenters. The molecule has 0 fully saturated rings. The minimum atomic E-state index is -3.82. The van der Waals surface area contributed by atoms with Crippen LogP contribution in [0.5, 0.6) is 0 Å². The van der Waals surface area contributed by atoms with Crippen LogP contribution >= 0.6 is 27.5 Å². The first-order chi connectivity index (χ1) is 9.44. The number of benzene rings is 1. The van der Waals surface area contributed by atoms with Crippen molar-refractivity contribution in [2.24, 2.45) is 0 Å². The van der Waals surface area contributed by atoms with E-state index in [1.807, 2.05) is 6.07 Å². The number of nitrogens with zero attached hydrogens (tertiary/aromatic N) is 2. The van der Waals surface area contributed by atoms with E-state index >= 15 is 0 Å². The van der Waals surface area contributed by atoms with Crippen molar-refractivity contribution >= 4 is 43.4 Å². The van der Waals surface area contributed by atoms with Crippen LogP contribution in [0.2, 0.25) is 5.02 Å². The lowest BCUT2D eigenvalue weighted by Crippen LogP contribution is -2.14. The Morgan fingerprint density at radius 2 is 2.10 bits per heavy atom. The average Bonchev–Trinajstić information content (AvgIpc) is 2.41. The fourth-order valence-corrected chi connectivity index (χ4v) is 3.23. The third-order valence-electron chi connectivity index (χ3n) is 2.36. The first-order valence-electron chi connectivity index (χ1n) is 5.27. The molecule has 1 N–H and O–H groups in total. The van der Waals surface area contributed by atoms with Gasteiger partial charge in [0.15, 0.2) is 5.82 Å². The van der Waals surface area contributed by atoms with Crippen molar-refractivity contribution in [1.29, 1.82) is 5.26 Å². The van der Waals surface area contributed by atoms with Gasteiger partial charge in [0.25, 0.3) is 10.0 Å². The van der Waals surface area contributed by atoms with Crippen LogP contribution in [-0.2, 0) is 10.0 Å². The van der Waals surface area contributed by atoms with E-state index in [2.05, 4.69) is 25.6 Å². The van der Waals surface area contributed by atoms with Crippen molar-refractivity contribution in [1.82, 2.24) is 4.98 Å². The number of sulfonamides is 1. The van der Waals surface area contributed by atoms with Crippen molar-refractivity contribution < 1.29 is 8.42 Å². The van der Waals surface area contributed by atoms with Crippen LogP contribution < -0.4 is 4.72 Å². The molecule has 1 aromatic heterocycles. The van der Waals surface area contributed by atoms with Gasteiger partial charge in [0.2, 0.25) is 0 Å². The summed E-state index contributed by atoms with van der Waals surface area (Å²) in [6.07, 6.45) is 1.47. The van der Waals surface area contributed by atoms with Gasteiger partial charge in [0, 0.05) is 6.20 Å². The smallest absolute Gasteiger partial charge is 0.262 e. The molecule has 0 bridgehead atoms. The number of aromatic nitrogens is 1. The Morgan fingerprint density at radius 3 is 2.70 bits per heavy atom. The van der Waals surface area contributed by atoms with Gasteiger partial charge in [-0.05, 0) is 46.3 Å². The fourth-order valence-electron chi connectivity index (χ4n) is 1.40. The van der Waals surface area contributed by atoms with Crippen LogP contribution in [0, 0.1) is 11.3 Å². The van der Waals surface area contributed by atoms with Crippen LogP contribution in [0.15, 0.2) is 45.9 Å². The summed E-state index contributed by atoms with van der Waals surface area (Å²) in [4.78, 5) is 3.88. The predicted octanol–water partition coefficient (Wildman–Crippen LogP) is 3.17. The van der Waals surface area contributed by atoms with Crippen molar-refractivity contribution in [3.05, 3.63) is 51.6 Å². The number of anilines is 1. The molecule has 8 heteroatoms.